The Labute approximate surface area is 158 Å². The zero-order valence-corrected chi connectivity index (χ0v) is 15.8. The first-order valence-corrected chi connectivity index (χ1v) is 9.94. The van der Waals surface area contributed by atoms with E-state index in [9.17, 15) is 4.79 Å². The first-order valence-electron chi connectivity index (χ1n) is 8.99. The number of hydrogen-bond donors (Lipinski definition) is 0. The highest BCUT2D eigenvalue weighted by atomic mass is 32.1. The van der Waals surface area contributed by atoms with E-state index in [0.29, 0.717) is 6.54 Å². The van der Waals surface area contributed by atoms with E-state index >= 15 is 0 Å². The van der Waals surface area contributed by atoms with Gasteiger partial charge in [0.1, 0.15) is 12.4 Å². The molecule has 0 bridgehead atoms. The van der Waals surface area contributed by atoms with Gasteiger partial charge in [-0.2, -0.15) is 11.3 Å². The summed E-state index contributed by atoms with van der Waals surface area (Å²) in [5.41, 5.74) is 2.09. The van der Waals surface area contributed by atoms with E-state index in [-0.39, 0.29) is 18.1 Å². The van der Waals surface area contributed by atoms with E-state index in [1.807, 2.05) is 33.9 Å². The molecule has 4 rings (SSSR count). The highest BCUT2D eigenvalue weighted by Gasteiger charge is 2.42. The lowest BCUT2D eigenvalue weighted by atomic mass is 9.89. The maximum Gasteiger partial charge on any atom is 0.253 e. The van der Waals surface area contributed by atoms with Gasteiger partial charge in [0.2, 0.25) is 0 Å². The number of methoxy groups -OCH3 is 1. The van der Waals surface area contributed by atoms with Gasteiger partial charge in [-0.3, -0.25) is 9.69 Å². The second-order valence-corrected chi connectivity index (χ2v) is 7.84. The van der Waals surface area contributed by atoms with Gasteiger partial charge < -0.3 is 14.4 Å². The molecule has 2 saturated heterocycles. The Morgan fingerprint density at radius 3 is 2.62 bits per heavy atom. The summed E-state index contributed by atoms with van der Waals surface area (Å²) in [6.45, 7) is 3.76. The van der Waals surface area contributed by atoms with E-state index in [1.165, 1.54) is 5.56 Å². The number of nitrogens with zero attached hydrogens (tertiary/aromatic N) is 2. The summed E-state index contributed by atoms with van der Waals surface area (Å²) in [5.74, 6) is 0.954. The van der Waals surface area contributed by atoms with Crippen LogP contribution in [0.3, 0.4) is 0 Å². The summed E-state index contributed by atoms with van der Waals surface area (Å²) in [4.78, 5) is 16.6. The molecule has 1 amide bonds. The van der Waals surface area contributed by atoms with E-state index in [1.54, 1.807) is 18.4 Å². The zero-order chi connectivity index (χ0) is 18.0. The first-order chi connectivity index (χ1) is 12.7. The fourth-order valence-corrected chi connectivity index (χ4v) is 4.41. The Hall–Kier alpha value is -1.89. The van der Waals surface area contributed by atoms with Crippen LogP contribution in [0.15, 0.2) is 41.1 Å². The average Bonchev–Trinajstić information content (AvgIpc) is 3.21. The van der Waals surface area contributed by atoms with Crippen molar-refractivity contribution >= 4 is 22.9 Å². The predicted molar refractivity (Wildman–Crippen MR) is 103 cm³/mol. The molecule has 0 saturated carbocycles. The lowest BCUT2D eigenvalue weighted by Gasteiger charge is -2.46. The Kier molecular flexibility index (Phi) is 4.98. The molecular weight excluding hydrogens is 348 g/mol. The summed E-state index contributed by atoms with van der Waals surface area (Å²) < 4.78 is 11.3. The molecule has 1 aromatic carbocycles. The van der Waals surface area contributed by atoms with Gasteiger partial charge >= 0.3 is 0 Å². The second-order valence-electron chi connectivity index (χ2n) is 7.06. The molecule has 1 aromatic heterocycles. The molecule has 5 nitrogen and oxygen atoms in total. The Morgan fingerprint density at radius 2 is 1.96 bits per heavy atom. The SMILES string of the molecule is COc1ccc(CN2CCC3(CC2)CN(c2ccsc2)C(=O)CO3)cc1. The fraction of sp³-hybridized carbons (Fsp3) is 0.450. The van der Waals surface area contributed by atoms with Crippen molar-refractivity contribution < 1.29 is 14.3 Å². The van der Waals surface area contributed by atoms with Crippen molar-refractivity contribution in [1.29, 1.82) is 0 Å². The molecule has 0 unspecified atom stereocenters. The molecule has 0 radical (unpaired) electrons. The summed E-state index contributed by atoms with van der Waals surface area (Å²) in [7, 11) is 1.69. The van der Waals surface area contributed by atoms with Crippen LogP contribution in [-0.2, 0) is 16.1 Å². The summed E-state index contributed by atoms with van der Waals surface area (Å²) in [6, 6.07) is 10.3. The van der Waals surface area contributed by atoms with Gasteiger partial charge in [0.25, 0.3) is 5.91 Å². The smallest absolute Gasteiger partial charge is 0.253 e. The maximum absolute atomic E-state index is 12.3. The van der Waals surface area contributed by atoms with Crippen molar-refractivity contribution in [3.8, 4) is 5.75 Å². The molecule has 2 aliphatic rings. The number of benzene rings is 1. The highest BCUT2D eigenvalue weighted by Crippen LogP contribution is 2.33. The Bertz CT molecular complexity index is 737. The van der Waals surface area contributed by atoms with Crippen LogP contribution in [0.5, 0.6) is 5.75 Å². The third-order valence-corrected chi connectivity index (χ3v) is 6.07. The normalized spacial score (nSPS) is 20.5. The first kappa shape index (κ1) is 17.5. The van der Waals surface area contributed by atoms with Crippen LogP contribution in [0.2, 0.25) is 0 Å². The third-order valence-electron chi connectivity index (χ3n) is 5.40. The van der Waals surface area contributed by atoms with Gasteiger partial charge in [-0.05, 0) is 42.0 Å². The molecule has 1 spiro atoms. The molecule has 3 heterocycles. The topological polar surface area (TPSA) is 42.0 Å². The molecule has 138 valence electrons. The number of hydrogen-bond acceptors (Lipinski definition) is 5. The van der Waals surface area contributed by atoms with Gasteiger partial charge in [0.15, 0.2) is 0 Å². The number of ether oxygens (including phenoxy) is 2. The molecule has 26 heavy (non-hydrogen) atoms. The summed E-state index contributed by atoms with van der Waals surface area (Å²) >= 11 is 1.62. The minimum absolute atomic E-state index is 0.0645. The number of carbonyl (C=O) groups excluding carboxylic acids is 1. The van der Waals surface area contributed by atoms with Gasteiger partial charge in [0, 0.05) is 25.0 Å². The van der Waals surface area contributed by atoms with Crippen LogP contribution in [0.1, 0.15) is 18.4 Å². The zero-order valence-electron chi connectivity index (χ0n) is 15.0. The Balaban J connectivity index is 1.37. The van der Waals surface area contributed by atoms with Crippen LogP contribution in [0, 0.1) is 0 Å². The van der Waals surface area contributed by atoms with Crippen molar-refractivity contribution in [3.63, 3.8) is 0 Å². The van der Waals surface area contributed by atoms with Crippen molar-refractivity contribution in [3.05, 3.63) is 46.7 Å². The number of amides is 1. The van der Waals surface area contributed by atoms with Crippen molar-refractivity contribution in [1.82, 2.24) is 4.90 Å². The molecule has 6 heteroatoms. The monoisotopic (exact) mass is 372 g/mol. The van der Waals surface area contributed by atoms with Crippen LogP contribution in [0.4, 0.5) is 5.69 Å². The minimum Gasteiger partial charge on any atom is -0.497 e. The maximum atomic E-state index is 12.3. The molecular formula is C20H24N2O3S. The number of thiophene rings is 1. The minimum atomic E-state index is -0.202. The molecule has 0 atom stereocenters. The number of carbonyl (C=O) groups is 1. The second kappa shape index (κ2) is 7.39. The van der Waals surface area contributed by atoms with Gasteiger partial charge in [0.05, 0.1) is 24.9 Å². The van der Waals surface area contributed by atoms with Crippen molar-refractivity contribution in [2.75, 3.05) is 38.3 Å². The van der Waals surface area contributed by atoms with E-state index in [4.69, 9.17) is 9.47 Å². The molecule has 2 aliphatic heterocycles. The van der Waals surface area contributed by atoms with E-state index < -0.39 is 0 Å². The standard InChI is InChI=1S/C20H24N2O3S/c1-24-18-4-2-16(3-5-18)12-21-9-7-20(8-10-21)15-22(19(23)13-25-20)17-6-11-26-14-17/h2-6,11,14H,7-10,12-13,15H2,1H3. The number of piperidine rings is 1. The predicted octanol–water partition coefficient (Wildman–Crippen LogP) is 3.15. The third kappa shape index (κ3) is 3.63. The van der Waals surface area contributed by atoms with Gasteiger partial charge in [-0.25, -0.2) is 0 Å². The average molecular weight is 372 g/mol. The lowest BCUT2D eigenvalue weighted by molar-refractivity contribution is -0.144. The quantitative estimate of drug-likeness (QED) is 0.827. The van der Waals surface area contributed by atoms with E-state index in [0.717, 1.165) is 43.9 Å². The molecule has 0 N–H and O–H groups in total. The van der Waals surface area contributed by atoms with Crippen molar-refractivity contribution in [2.45, 2.75) is 25.0 Å². The lowest BCUT2D eigenvalue weighted by Crippen LogP contribution is -2.58. The number of rotatable bonds is 4. The summed E-state index contributed by atoms with van der Waals surface area (Å²) in [6.07, 6.45) is 1.91. The molecule has 2 fully saturated rings. The molecule has 2 aromatic rings. The number of likely N-dealkylation sites (tertiary alicyclic amines) is 1. The fourth-order valence-electron chi connectivity index (χ4n) is 3.77. The molecule has 0 aliphatic carbocycles. The van der Waals surface area contributed by atoms with Crippen LogP contribution in [0.25, 0.3) is 0 Å². The van der Waals surface area contributed by atoms with Crippen LogP contribution >= 0.6 is 11.3 Å². The number of morpholine rings is 1. The van der Waals surface area contributed by atoms with Crippen LogP contribution < -0.4 is 9.64 Å². The highest BCUT2D eigenvalue weighted by molar-refractivity contribution is 7.08. The largest absolute Gasteiger partial charge is 0.497 e. The van der Waals surface area contributed by atoms with Gasteiger partial charge in [-0.1, -0.05) is 12.1 Å². The summed E-state index contributed by atoms with van der Waals surface area (Å²) in [5, 5.41) is 4.05. The number of anilines is 1. The van der Waals surface area contributed by atoms with E-state index in [2.05, 4.69) is 17.0 Å². The van der Waals surface area contributed by atoms with Crippen LogP contribution in [-0.4, -0.2) is 49.8 Å². The van der Waals surface area contributed by atoms with Gasteiger partial charge in [-0.15, -0.1) is 0 Å². The Morgan fingerprint density at radius 1 is 1.19 bits per heavy atom. The van der Waals surface area contributed by atoms with Crippen molar-refractivity contribution in [2.24, 2.45) is 0 Å².